The molecule has 0 bridgehead atoms. The second-order valence-electron chi connectivity index (χ2n) is 14.3. The van der Waals surface area contributed by atoms with Crippen LogP contribution in [0, 0.1) is 61.2 Å². The van der Waals surface area contributed by atoms with Gasteiger partial charge in [-0.1, -0.05) is 60.7 Å². The lowest BCUT2D eigenvalue weighted by Gasteiger charge is -2.40. The predicted molar refractivity (Wildman–Crippen MR) is 215 cm³/mol. The van der Waals surface area contributed by atoms with E-state index in [0.29, 0.717) is 34.3 Å². The molecule has 5 nitrogen and oxygen atoms in total. The number of hydrogen-bond acceptors (Lipinski definition) is 5. The maximum Gasteiger partial charge on any atom is 0.164 e. The van der Waals surface area contributed by atoms with Crippen LogP contribution in [0.1, 0.15) is 55.6 Å². The van der Waals surface area contributed by atoms with Crippen molar-refractivity contribution in [2.75, 3.05) is 4.90 Å². The van der Waals surface area contributed by atoms with Gasteiger partial charge in [0.25, 0.3) is 0 Å². The van der Waals surface area contributed by atoms with Crippen molar-refractivity contribution in [1.82, 2.24) is 19.9 Å². The molecule has 0 N–H and O–H groups in total. The summed E-state index contributed by atoms with van der Waals surface area (Å²) in [6.07, 6.45) is 2.59. The van der Waals surface area contributed by atoms with E-state index < -0.39 is 0 Å². The van der Waals surface area contributed by atoms with Crippen LogP contribution in [0.25, 0.3) is 45.4 Å². The topological polar surface area (TPSA) is 54.8 Å². The van der Waals surface area contributed by atoms with Gasteiger partial charge in [0, 0.05) is 34.9 Å². The van der Waals surface area contributed by atoms with E-state index in [0.717, 1.165) is 34.6 Å². The molecule has 2 aromatic heterocycles. The SMILES string of the molecule is Cc1c(C)c(C)c2c(c1C)Cc1c(C)c(C)c(C)c(C)c1N2c1cccnc1-c1cc(-c2nc(-c3ccccc3)nc(-c3ccccc3)n2)ccc1F. The Bertz CT molecular complexity index is 2450. The molecule has 0 amide bonds. The van der Waals surface area contributed by atoms with Gasteiger partial charge in [-0.05, 0) is 141 Å². The quantitative estimate of drug-likeness (QED) is 0.179. The smallest absolute Gasteiger partial charge is 0.164 e. The van der Waals surface area contributed by atoms with E-state index in [1.165, 1.54) is 61.7 Å². The summed E-state index contributed by atoms with van der Waals surface area (Å²) < 4.78 is 16.4. The van der Waals surface area contributed by atoms with Crippen molar-refractivity contribution in [3.05, 3.63) is 159 Å². The van der Waals surface area contributed by atoms with Gasteiger partial charge >= 0.3 is 0 Å². The minimum Gasteiger partial charge on any atom is -0.307 e. The Balaban J connectivity index is 1.37. The van der Waals surface area contributed by atoms with Crippen LogP contribution >= 0.6 is 0 Å². The molecule has 5 aromatic carbocycles. The van der Waals surface area contributed by atoms with E-state index in [9.17, 15) is 0 Å². The highest BCUT2D eigenvalue weighted by Gasteiger charge is 2.34. The molecular weight excluding hydrogens is 654 g/mol. The van der Waals surface area contributed by atoms with Crippen molar-refractivity contribution < 1.29 is 4.39 Å². The lowest BCUT2D eigenvalue weighted by molar-refractivity contribution is 0.631. The lowest BCUT2D eigenvalue weighted by atomic mass is 9.80. The number of halogens is 1. The maximum atomic E-state index is 16.4. The van der Waals surface area contributed by atoms with Crippen LogP contribution in [-0.4, -0.2) is 19.9 Å². The van der Waals surface area contributed by atoms with Crippen LogP contribution < -0.4 is 4.90 Å². The summed E-state index contributed by atoms with van der Waals surface area (Å²) >= 11 is 0. The van der Waals surface area contributed by atoms with Crippen LogP contribution in [-0.2, 0) is 6.42 Å². The van der Waals surface area contributed by atoms with Crippen LogP contribution in [0.15, 0.2) is 97.2 Å². The Hall–Kier alpha value is -6.01. The highest BCUT2D eigenvalue weighted by molar-refractivity contribution is 5.94. The summed E-state index contributed by atoms with van der Waals surface area (Å²) in [5.41, 5.74) is 19.3. The third-order valence-corrected chi connectivity index (χ3v) is 11.6. The van der Waals surface area contributed by atoms with Gasteiger partial charge in [0.15, 0.2) is 17.5 Å². The van der Waals surface area contributed by atoms with Crippen molar-refractivity contribution >= 4 is 17.1 Å². The number of hydrogen-bond donors (Lipinski definition) is 0. The number of aromatic nitrogens is 4. The summed E-state index contributed by atoms with van der Waals surface area (Å²) in [6, 6.07) is 28.8. The van der Waals surface area contributed by atoms with Gasteiger partial charge in [0.1, 0.15) is 5.82 Å². The van der Waals surface area contributed by atoms with Crippen molar-refractivity contribution in [1.29, 1.82) is 0 Å². The van der Waals surface area contributed by atoms with Crippen LogP contribution in [0.2, 0.25) is 0 Å². The second-order valence-corrected chi connectivity index (χ2v) is 14.3. The number of pyridine rings is 1. The van der Waals surface area contributed by atoms with E-state index in [4.69, 9.17) is 19.9 Å². The highest BCUT2D eigenvalue weighted by atomic mass is 19.1. The molecule has 0 radical (unpaired) electrons. The molecule has 6 heteroatoms. The molecule has 3 heterocycles. The molecule has 53 heavy (non-hydrogen) atoms. The lowest BCUT2D eigenvalue weighted by Crippen LogP contribution is -2.25. The molecule has 0 aliphatic carbocycles. The Morgan fingerprint density at radius 2 is 0.962 bits per heavy atom. The molecule has 1 aliphatic heterocycles. The maximum absolute atomic E-state index is 16.4. The first-order valence-electron chi connectivity index (χ1n) is 18.2. The number of nitrogens with zero attached hydrogens (tertiary/aromatic N) is 5. The standard InChI is InChI=1S/C47H42FN5/c1-26-28(3)32(7)43-37(30(26)5)25-38-31(6)27(2)29(4)33(8)44(38)53(43)41-20-15-23-49-42(41)39-24-36(21-22-40(39)48)47-51-45(34-16-11-9-12-17-34)50-46(52-47)35-18-13-10-14-19-35/h9-24H,25H2,1-8H3. The molecule has 0 saturated carbocycles. The Kier molecular flexibility index (Phi) is 8.49. The molecule has 8 rings (SSSR count). The zero-order valence-electron chi connectivity index (χ0n) is 31.6. The zero-order valence-corrected chi connectivity index (χ0v) is 31.6. The van der Waals surface area contributed by atoms with Crippen molar-refractivity contribution in [2.45, 2.75) is 61.8 Å². The predicted octanol–water partition coefficient (Wildman–Crippen LogP) is 11.9. The van der Waals surface area contributed by atoms with E-state index >= 15 is 4.39 Å². The monoisotopic (exact) mass is 695 g/mol. The van der Waals surface area contributed by atoms with Gasteiger partial charge in [-0.15, -0.1) is 0 Å². The number of anilines is 3. The number of rotatable bonds is 5. The molecule has 0 unspecified atom stereocenters. The highest BCUT2D eigenvalue weighted by Crippen LogP contribution is 2.53. The fourth-order valence-electron chi connectivity index (χ4n) is 7.88. The van der Waals surface area contributed by atoms with Crippen molar-refractivity contribution in [2.24, 2.45) is 0 Å². The molecule has 7 aromatic rings. The molecule has 262 valence electrons. The van der Waals surface area contributed by atoms with Crippen molar-refractivity contribution in [3.8, 4) is 45.4 Å². The van der Waals surface area contributed by atoms with Gasteiger partial charge in [-0.2, -0.15) is 0 Å². The largest absolute Gasteiger partial charge is 0.307 e. The number of benzene rings is 5. The zero-order chi connectivity index (χ0) is 37.1. The second kappa shape index (κ2) is 13.2. The summed E-state index contributed by atoms with van der Waals surface area (Å²) in [6.45, 7) is 17.8. The average molecular weight is 696 g/mol. The van der Waals surface area contributed by atoms with Crippen LogP contribution in [0.3, 0.4) is 0 Å². The van der Waals surface area contributed by atoms with E-state index in [1.54, 1.807) is 12.3 Å². The minimum absolute atomic E-state index is 0.368. The molecule has 0 spiro atoms. The fraction of sp³-hybridized carbons (Fsp3) is 0.191. The summed E-state index contributed by atoms with van der Waals surface area (Å²) in [5, 5.41) is 0. The van der Waals surface area contributed by atoms with E-state index in [1.807, 2.05) is 72.8 Å². The Labute approximate surface area is 311 Å². The molecule has 0 saturated heterocycles. The first-order chi connectivity index (χ1) is 25.5. The van der Waals surface area contributed by atoms with Crippen LogP contribution in [0.5, 0.6) is 0 Å². The first kappa shape index (κ1) is 34.1. The van der Waals surface area contributed by atoms with E-state index in [2.05, 4.69) is 66.4 Å². The van der Waals surface area contributed by atoms with Gasteiger partial charge < -0.3 is 4.90 Å². The van der Waals surface area contributed by atoms with E-state index in [-0.39, 0.29) is 5.82 Å². The summed E-state index contributed by atoms with van der Waals surface area (Å²) in [5.74, 6) is 1.19. The molecular formula is C47H42FN5. The molecule has 0 atom stereocenters. The van der Waals surface area contributed by atoms with Gasteiger partial charge in [0.05, 0.1) is 22.8 Å². The Morgan fingerprint density at radius 3 is 1.47 bits per heavy atom. The third-order valence-electron chi connectivity index (χ3n) is 11.6. The third kappa shape index (κ3) is 5.61. The van der Waals surface area contributed by atoms with Gasteiger partial charge in [0.2, 0.25) is 0 Å². The average Bonchev–Trinajstić information content (AvgIpc) is 3.20. The van der Waals surface area contributed by atoms with Crippen molar-refractivity contribution in [3.63, 3.8) is 0 Å². The minimum atomic E-state index is -0.368. The van der Waals surface area contributed by atoms with Gasteiger partial charge in [-0.3, -0.25) is 4.98 Å². The molecule has 0 fully saturated rings. The Morgan fingerprint density at radius 1 is 0.491 bits per heavy atom. The summed E-state index contributed by atoms with van der Waals surface area (Å²) in [7, 11) is 0. The normalized spacial score (nSPS) is 12.1. The fourth-order valence-corrected chi connectivity index (χ4v) is 7.88. The number of fused-ring (bicyclic) bond motifs is 2. The molecule has 1 aliphatic rings. The summed E-state index contributed by atoms with van der Waals surface area (Å²) in [4.78, 5) is 22.1. The van der Waals surface area contributed by atoms with Crippen LogP contribution in [0.4, 0.5) is 21.5 Å². The first-order valence-corrected chi connectivity index (χ1v) is 18.2. The van der Waals surface area contributed by atoms with Gasteiger partial charge in [-0.25, -0.2) is 19.3 Å².